The summed E-state index contributed by atoms with van der Waals surface area (Å²) in [7, 11) is 0. The molecule has 4 N–H and O–H groups in total. The topological polar surface area (TPSA) is 113 Å². The molecule has 4 rings (SSSR count). The molecule has 3 aromatic rings. The van der Waals surface area contributed by atoms with Crippen LogP contribution >= 0.6 is 0 Å². The van der Waals surface area contributed by atoms with Gasteiger partial charge < -0.3 is 10.2 Å². The van der Waals surface area contributed by atoms with E-state index in [2.05, 4.69) is 29.8 Å². The molecule has 1 aromatic heterocycles. The highest BCUT2D eigenvalue weighted by atomic mass is 16.4. The van der Waals surface area contributed by atoms with Gasteiger partial charge in [-0.15, -0.1) is 0 Å². The molecule has 1 heterocycles. The van der Waals surface area contributed by atoms with E-state index in [1.165, 1.54) is 0 Å². The standard InChI is InChI=1S/C25H27N5O3/c1-16-21-19(27-28-24(26)32)14-25(2,3)15-20(21)33-22(16)23(31)29-30(17-10-6-4-7-11-17)18-12-8-5-9-13-18/h4-13H,14-15H2,1-3H3,(H,29,31)(H3,26,28,32)/b27-19-. The molecule has 8 nitrogen and oxygen atoms in total. The first kappa shape index (κ1) is 22.1. The van der Waals surface area contributed by atoms with E-state index in [0.717, 1.165) is 16.9 Å². The number of para-hydroxylation sites is 2. The van der Waals surface area contributed by atoms with Crippen LogP contribution in [0.25, 0.3) is 0 Å². The zero-order valence-electron chi connectivity index (χ0n) is 18.9. The van der Waals surface area contributed by atoms with Gasteiger partial charge in [0.25, 0.3) is 0 Å². The minimum atomic E-state index is -0.743. The minimum Gasteiger partial charge on any atom is -0.455 e. The molecular formula is C25H27N5O3. The summed E-state index contributed by atoms with van der Waals surface area (Å²) in [6, 6.07) is 18.4. The number of primary amides is 1. The smallest absolute Gasteiger partial charge is 0.332 e. The lowest BCUT2D eigenvalue weighted by Gasteiger charge is -2.29. The Hall–Kier alpha value is -4.07. The van der Waals surface area contributed by atoms with Crippen molar-refractivity contribution in [1.29, 1.82) is 0 Å². The highest BCUT2D eigenvalue weighted by molar-refractivity contribution is 6.07. The summed E-state index contributed by atoms with van der Waals surface area (Å²) in [5.74, 6) is 0.501. The molecule has 1 aliphatic rings. The van der Waals surface area contributed by atoms with Crippen LogP contribution in [0.1, 0.15) is 47.7 Å². The first-order valence-corrected chi connectivity index (χ1v) is 10.7. The number of urea groups is 1. The zero-order valence-corrected chi connectivity index (χ0v) is 18.9. The molecule has 0 saturated carbocycles. The van der Waals surface area contributed by atoms with Crippen LogP contribution in [0, 0.1) is 12.3 Å². The number of carbonyl (C=O) groups excluding carboxylic acids is 2. The third-order valence-electron chi connectivity index (χ3n) is 5.54. The van der Waals surface area contributed by atoms with Crippen molar-refractivity contribution < 1.29 is 14.0 Å². The number of nitrogens with one attached hydrogen (secondary N) is 2. The Balaban J connectivity index is 1.70. The number of furan rings is 1. The number of benzene rings is 2. The molecule has 0 radical (unpaired) electrons. The van der Waals surface area contributed by atoms with Gasteiger partial charge in [0.15, 0.2) is 5.76 Å². The van der Waals surface area contributed by atoms with E-state index in [1.54, 1.807) is 5.01 Å². The van der Waals surface area contributed by atoms with Crippen molar-refractivity contribution in [3.8, 4) is 0 Å². The predicted octanol–water partition coefficient (Wildman–Crippen LogP) is 4.42. The molecule has 0 aliphatic heterocycles. The molecule has 0 saturated heterocycles. The van der Waals surface area contributed by atoms with E-state index in [9.17, 15) is 9.59 Å². The second kappa shape index (κ2) is 8.82. The Labute approximate surface area is 192 Å². The van der Waals surface area contributed by atoms with Crippen LogP contribution in [-0.2, 0) is 6.42 Å². The van der Waals surface area contributed by atoms with Gasteiger partial charge in [0.05, 0.1) is 17.1 Å². The Bertz CT molecular complexity index is 1160. The highest BCUT2D eigenvalue weighted by Crippen LogP contribution is 2.39. The van der Waals surface area contributed by atoms with E-state index >= 15 is 0 Å². The Morgan fingerprint density at radius 3 is 2.12 bits per heavy atom. The molecule has 0 spiro atoms. The highest BCUT2D eigenvalue weighted by Gasteiger charge is 2.36. The predicted molar refractivity (Wildman–Crippen MR) is 127 cm³/mol. The molecule has 170 valence electrons. The van der Waals surface area contributed by atoms with E-state index < -0.39 is 6.03 Å². The van der Waals surface area contributed by atoms with Gasteiger partial charge in [-0.1, -0.05) is 50.2 Å². The Morgan fingerprint density at radius 1 is 1.00 bits per heavy atom. The molecule has 2 aromatic carbocycles. The van der Waals surface area contributed by atoms with E-state index in [0.29, 0.717) is 29.9 Å². The van der Waals surface area contributed by atoms with Crippen LogP contribution in [0.3, 0.4) is 0 Å². The molecule has 0 fully saturated rings. The number of hydrazine groups is 1. The van der Waals surface area contributed by atoms with Gasteiger partial charge >= 0.3 is 11.9 Å². The third-order valence-corrected chi connectivity index (χ3v) is 5.54. The molecule has 0 bridgehead atoms. The normalized spacial score (nSPS) is 15.5. The fourth-order valence-corrected chi connectivity index (χ4v) is 4.13. The van der Waals surface area contributed by atoms with Crippen LogP contribution < -0.4 is 21.6 Å². The summed E-state index contributed by atoms with van der Waals surface area (Å²) in [6.45, 7) is 5.99. The number of hydrazone groups is 1. The van der Waals surface area contributed by atoms with Gasteiger partial charge in [-0.3, -0.25) is 15.2 Å². The molecule has 0 atom stereocenters. The first-order chi connectivity index (χ1) is 15.7. The van der Waals surface area contributed by atoms with Gasteiger partial charge in [0.2, 0.25) is 0 Å². The summed E-state index contributed by atoms with van der Waals surface area (Å²) in [5.41, 5.74) is 14.0. The van der Waals surface area contributed by atoms with Gasteiger partial charge in [-0.2, -0.15) is 5.10 Å². The van der Waals surface area contributed by atoms with Crippen molar-refractivity contribution in [3.05, 3.63) is 83.3 Å². The summed E-state index contributed by atoms with van der Waals surface area (Å²) in [4.78, 5) is 24.6. The van der Waals surface area contributed by atoms with Crippen molar-refractivity contribution in [1.82, 2.24) is 10.9 Å². The second-order valence-electron chi connectivity index (χ2n) is 8.85. The summed E-state index contributed by atoms with van der Waals surface area (Å²) >= 11 is 0. The average Bonchev–Trinajstić information content (AvgIpc) is 3.12. The quantitative estimate of drug-likeness (QED) is 0.505. The Kier molecular flexibility index (Phi) is 5.91. The van der Waals surface area contributed by atoms with Gasteiger partial charge in [0.1, 0.15) is 5.76 Å². The first-order valence-electron chi connectivity index (χ1n) is 10.7. The maximum absolute atomic E-state index is 13.4. The van der Waals surface area contributed by atoms with Crippen LogP contribution in [0.15, 0.2) is 70.2 Å². The average molecular weight is 446 g/mol. The SMILES string of the molecule is Cc1c(C(=O)NN(c2ccccc2)c2ccccc2)oc2c1/C(=N\NC(N)=O)CC(C)(C)C2. The van der Waals surface area contributed by atoms with Crippen molar-refractivity contribution in [2.45, 2.75) is 33.6 Å². The van der Waals surface area contributed by atoms with Crippen molar-refractivity contribution >= 4 is 29.0 Å². The zero-order chi connectivity index (χ0) is 23.6. The molecule has 1 aliphatic carbocycles. The lowest BCUT2D eigenvalue weighted by Crippen LogP contribution is -2.39. The van der Waals surface area contributed by atoms with Gasteiger partial charge in [0, 0.05) is 17.5 Å². The maximum Gasteiger partial charge on any atom is 0.332 e. The third kappa shape index (κ3) is 4.74. The molecule has 8 heteroatoms. The van der Waals surface area contributed by atoms with Crippen molar-refractivity contribution in [2.75, 3.05) is 5.01 Å². The molecular weight excluding hydrogens is 418 g/mol. The number of fused-ring (bicyclic) bond motifs is 1. The van der Waals surface area contributed by atoms with Crippen LogP contribution in [0.5, 0.6) is 0 Å². The number of rotatable bonds is 5. The summed E-state index contributed by atoms with van der Waals surface area (Å²) in [6.07, 6.45) is 1.26. The van der Waals surface area contributed by atoms with Crippen LogP contribution in [-0.4, -0.2) is 17.6 Å². The van der Waals surface area contributed by atoms with Crippen LogP contribution in [0.2, 0.25) is 0 Å². The van der Waals surface area contributed by atoms with E-state index in [-0.39, 0.29) is 17.1 Å². The monoisotopic (exact) mass is 445 g/mol. The second-order valence-corrected chi connectivity index (χ2v) is 8.85. The van der Waals surface area contributed by atoms with Crippen molar-refractivity contribution in [3.63, 3.8) is 0 Å². The lowest BCUT2D eigenvalue weighted by atomic mass is 9.75. The number of carbonyl (C=O) groups is 2. The fraction of sp³-hybridized carbons (Fsp3) is 0.240. The molecule has 3 amide bonds. The van der Waals surface area contributed by atoms with E-state index in [4.69, 9.17) is 10.2 Å². The largest absolute Gasteiger partial charge is 0.455 e. The Morgan fingerprint density at radius 2 is 1.58 bits per heavy atom. The number of amides is 3. The number of hydrogen-bond acceptors (Lipinski definition) is 5. The molecule has 0 unspecified atom stereocenters. The number of hydrogen-bond donors (Lipinski definition) is 3. The van der Waals surface area contributed by atoms with Crippen LogP contribution in [0.4, 0.5) is 16.2 Å². The minimum absolute atomic E-state index is 0.149. The number of nitrogens with two attached hydrogens (primary N) is 1. The lowest BCUT2D eigenvalue weighted by molar-refractivity contribution is 0.0922. The summed E-state index contributed by atoms with van der Waals surface area (Å²) < 4.78 is 6.08. The van der Waals surface area contributed by atoms with Crippen molar-refractivity contribution in [2.24, 2.45) is 16.3 Å². The van der Waals surface area contributed by atoms with Gasteiger partial charge in [-0.05, 0) is 43.0 Å². The summed E-state index contributed by atoms with van der Waals surface area (Å²) in [5, 5.41) is 5.92. The fourth-order valence-electron chi connectivity index (χ4n) is 4.13. The molecule has 33 heavy (non-hydrogen) atoms. The maximum atomic E-state index is 13.4. The van der Waals surface area contributed by atoms with E-state index in [1.807, 2.05) is 67.6 Å². The van der Waals surface area contributed by atoms with Gasteiger partial charge in [-0.25, -0.2) is 10.2 Å². The number of anilines is 2. The number of nitrogens with zero attached hydrogens (tertiary/aromatic N) is 2.